The second-order valence-corrected chi connectivity index (χ2v) is 6.38. The molecule has 0 saturated heterocycles. The zero-order valence-corrected chi connectivity index (χ0v) is 16.1. The minimum Gasteiger partial charge on any atom is -0.351 e. The number of rotatable bonds is 10. The Morgan fingerprint density at radius 3 is 1.70 bits per heavy atom. The first-order valence-electron chi connectivity index (χ1n) is 8.42. The number of quaternary nitrogens is 1. The van der Waals surface area contributed by atoms with Crippen molar-refractivity contribution in [2.75, 3.05) is 47.1 Å². The van der Waals surface area contributed by atoms with E-state index in [9.17, 15) is 0 Å². The molecule has 0 aliphatic carbocycles. The molecule has 0 aromatic heterocycles. The SMILES string of the molecule is CCOC(OCC)C1(C(OCC)OCC)C=CC[N+](C)(C)C1=S. The number of likely N-dealkylation sites (N-methyl/N-ethyl adjacent to an activating group) is 1. The molecular formula is C17H32NO4S+. The molecule has 0 atom stereocenters. The van der Waals surface area contributed by atoms with Gasteiger partial charge in [-0.3, -0.25) is 4.48 Å². The van der Waals surface area contributed by atoms with Crippen LogP contribution in [0.4, 0.5) is 0 Å². The first kappa shape index (κ1) is 20.7. The van der Waals surface area contributed by atoms with Crippen molar-refractivity contribution < 1.29 is 23.4 Å². The zero-order valence-electron chi connectivity index (χ0n) is 15.3. The smallest absolute Gasteiger partial charge is 0.194 e. The average Bonchev–Trinajstić information content (AvgIpc) is 2.50. The van der Waals surface area contributed by atoms with Gasteiger partial charge >= 0.3 is 0 Å². The lowest BCUT2D eigenvalue weighted by molar-refractivity contribution is -0.796. The van der Waals surface area contributed by atoms with Crippen LogP contribution in [-0.2, 0) is 18.9 Å². The van der Waals surface area contributed by atoms with E-state index < -0.39 is 18.0 Å². The van der Waals surface area contributed by atoms with Crippen molar-refractivity contribution in [1.29, 1.82) is 0 Å². The lowest BCUT2D eigenvalue weighted by atomic mass is 9.81. The molecule has 23 heavy (non-hydrogen) atoms. The van der Waals surface area contributed by atoms with Gasteiger partial charge in [-0.25, -0.2) is 0 Å². The van der Waals surface area contributed by atoms with Crippen molar-refractivity contribution in [2.24, 2.45) is 5.41 Å². The van der Waals surface area contributed by atoms with Gasteiger partial charge in [-0.15, -0.1) is 0 Å². The zero-order chi connectivity index (χ0) is 17.5. The molecule has 5 nitrogen and oxygen atoms in total. The van der Waals surface area contributed by atoms with Crippen LogP contribution >= 0.6 is 12.2 Å². The average molecular weight is 347 g/mol. The van der Waals surface area contributed by atoms with E-state index in [1.165, 1.54) is 0 Å². The fourth-order valence-electron chi connectivity index (χ4n) is 2.91. The van der Waals surface area contributed by atoms with E-state index in [0.717, 1.165) is 11.5 Å². The van der Waals surface area contributed by atoms with Crippen LogP contribution in [0.2, 0.25) is 0 Å². The van der Waals surface area contributed by atoms with Crippen molar-refractivity contribution >= 4 is 17.2 Å². The van der Waals surface area contributed by atoms with Crippen LogP contribution in [0.5, 0.6) is 0 Å². The minimum absolute atomic E-state index is 0.529. The van der Waals surface area contributed by atoms with Crippen LogP contribution in [0.15, 0.2) is 12.2 Å². The highest BCUT2D eigenvalue weighted by molar-refractivity contribution is 7.80. The Hall–Kier alpha value is -0.370. The molecule has 0 radical (unpaired) electrons. The van der Waals surface area contributed by atoms with Gasteiger partial charge in [0.05, 0.1) is 14.1 Å². The Morgan fingerprint density at radius 2 is 1.35 bits per heavy atom. The van der Waals surface area contributed by atoms with E-state index in [2.05, 4.69) is 26.2 Å². The summed E-state index contributed by atoms with van der Waals surface area (Å²) in [7, 11) is 4.18. The predicted molar refractivity (Wildman–Crippen MR) is 95.2 cm³/mol. The molecule has 0 amide bonds. The normalized spacial score (nSPS) is 19.7. The summed E-state index contributed by atoms with van der Waals surface area (Å²) in [6.45, 7) is 10.7. The Balaban J connectivity index is 3.41. The van der Waals surface area contributed by atoms with E-state index in [0.29, 0.717) is 30.9 Å². The Morgan fingerprint density at radius 1 is 0.957 bits per heavy atom. The van der Waals surface area contributed by atoms with Gasteiger partial charge in [0.2, 0.25) is 0 Å². The molecule has 1 rings (SSSR count). The maximum absolute atomic E-state index is 5.93. The maximum Gasteiger partial charge on any atom is 0.194 e. The highest BCUT2D eigenvalue weighted by Gasteiger charge is 2.58. The molecule has 0 saturated carbocycles. The quantitative estimate of drug-likeness (QED) is 0.263. The molecular weight excluding hydrogens is 314 g/mol. The molecule has 0 spiro atoms. The van der Waals surface area contributed by atoms with Crippen molar-refractivity contribution in [2.45, 2.75) is 40.3 Å². The maximum atomic E-state index is 5.93. The molecule has 1 aliphatic rings. The number of ether oxygens (including phenoxy) is 4. The van der Waals surface area contributed by atoms with Crippen LogP contribution in [-0.4, -0.2) is 69.1 Å². The van der Waals surface area contributed by atoms with Gasteiger partial charge in [0.25, 0.3) is 0 Å². The van der Waals surface area contributed by atoms with Gasteiger partial charge in [-0.1, -0.05) is 6.08 Å². The second-order valence-electron chi connectivity index (χ2n) is 5.99. The summed E-state index contributed by atoms with van der Waals surface area (Å²) in [4.78, 5) is 0.804. The van der Waals surface area contributed by atoms with Gasteiger partial charge in [-0.2, -0.15) is 0 Å². The minimum atomic E-state index is -0.755. The topological polar surface area (TPSA) is 36.9 Å². The standard InChI is InChI=1S/C17H32NO4S/c1-7-19-15(20-8-2)17(16(21-9-3)22-10-4)12-11-13-18(5,6)14(17)23/h11-12,15-16H,7-10,13H2,1-6H3/q+1. The Kier molecular flexibility index (Phi) is 8.27. The molecule has 1 aliphatic heterocycles. The van der Waals surface area contributed by atoms with Crippen LogP contribution in [0.1, 0.15) is 27.7 Å². The third-order valence-corrected chi connectivity index (χ3v) is 4.78. The summed E-state index contributed by atoms with van der Waals surface area (Å²) in [5, 5.41) is 0. The van der Waals surface area contributed by atoms with Crippen molar-refractivity contribution in [3.63, 3.8) is 0 Å². The highest BCUT2D eigenvalue weighted by Crippen LogP contribution is 2.41. The van der Waals surface area contributed by atoms with Crippen molar-refractivity contribution in [3.8, 4) is 0 Å². The van der Waals surface area contributed by atoms with Crippen LogP contribution in [0.3, 0.4) is 0 Å². The van der Waals surface area contributed by atoms with Crippen molar-refractivity contribution in [3.05, 3.63) is 12.2 Å². The first-order valence-corrected chi connectivity index (χ1v) is 8.83. The van der Waals surface area contributed by atoms with E-state index >= 15 is 0 Å². The van der Waals surface area contributed by atoms with Gasteiger partial charge in [0.1, 0.15) is 6.54 Å². The molecule has 0 aromatic rings. The Labute approximate surface area is 146 Å². The largest absolute Gasteiger partial charge is 0.351 e. The third-order valence-electron chi connectivity index (χ3n) is 3.93. The summed E-state index contributed by atoms with van der Waals surface area (Å²) in [6.07, 6.45) is 3.10. The second kappa shape index (κ2) is 9.20. The fraction of sp³-hybridized carbons (Fsp3) is 0.824. The molecule has 1 heterocycles. The van der Waals surface area contributed by atoms with E-state index in [4.69, 9.17) is 31.2 Å². The lowest BCUT2D eigenvalue weighted by Crippen LogP contribution is -2.64. The summed E-state index contributed by atoms with van der Waals surface area (Å²) in [5.41, 5.74) is -0.755. The van der Waals surface area contributed by atoms with E-state index in [1.807, 2.05) is 27.7 Å². The van der Waals surface area contributed by atoms with Crippen LogP contribution in [0, 0.1) is 5.41 Å². The summed E-state index contributed by atoms with van der Waals surface area (Å²) in [6, 6.07) is 0. The van der Waals surface area contributed by atoms with Crippen LogP contribution < -0.4 is 0 Å². The molecule has 0 unspecified atom stereocenters. The molecule has 134 valence electrons. The monoisotopic (exact) mass is 346 g/mol. The van der Waals surface area contributed by atoms with E-state index in [-0.39, 0.29) is 0 Å². The van der Waals surface area contributed by atoms with Crippen molar-refractivity contribution in [1.82, 2.24) is 0 Å². The first-order chi connectivity index (χ1) is 10.9. The highest BCUT2D eigenvalue weighted by atomic mass is 32.1. The van der Waals surface area contributed by atoms with E-state index in [1.54, 1.807) is 0 Å². The number of nitrogens with zero attached hydrogens (tertiary/aromatic N) is 1. The van der Waals surface area contributed by atoms with Gasteiger partial charge in [0.15, 0.2) is 23.0 Å². The molecule has 0 fully saturated rings. The van der Waals surface area contributed by atoms with Gasteiger partial charge in [-0.05, 0) is 46.0 Å². The van der Waals surface area contributed by atoms with Gasteiger partial charge in [0, 0.05) is 26.4 Å². The molecule has 0 N–H and O–H groups in total. The summed E-state index contributed by atoms with van der Waals surface area (Å²) < 4.78 is 24.3. The fourth-order valence-corrected chi connectivity index (χ4v) is 3.25. The third kappa shape index (κ3) is 4.38. The number of hydrogen-bond acceptors (Lipinski definition) is 5. The van der Waals surface area contributed by atoms with Crippen LogP contribution in [0.25, 0.3) is 0 Å². The Bertz CT molecular complexity index is 383. The number of hydrogen-bond donors (Lipinski definition) is 0. The number of thiocarbonyl (C=S) groups is 1. The molecule has 0 bridgehead atoms. The lowest BCUT2D eigenvalue weighted by Gasteiger charge is -2.48. The summed E-state index contributed by atoms with van der Waals surface area (Å²) in [5.74, 6) is 0. The molecule has 6 heteroatoms. The van der Waals surface area contributed by atoms with Gasteiger partial charge < -0.3 is 18.9 Å². The molecule has 0 aromatic carbocycles. The summed E-state index contributed by atoms with van der Waals surface area (Å²) >= 11 is 5.89. The predicted octanol–water partition coefficient (Wildman–Crippen LogP) is 2.74.